The van der Waals surface area contributed by atoms with Crippen molar-refractivity contribution in [2.24, 2.45) is 0 Å². The standard InChI is InChI=1S/C34H38O10/c1-36-23-8-10-31(42-7)29(18-23)33(35)30-19-24(37-2)9-11-32(30)43-20-44-34(21-12-25(38-3)16-26(13-21)39-4)22-14-27(40-5)17-28(15-22)41-6/h8-19,33-35H,20H2,1-7H3. The van der Waals surface area contributed by atoms with E-state index in [0.29, 0.717) is 57.1 Å². The van der Waals surface area contributed by atoms with Crippen molar-refractivity contribution in [2.75, 3.05) is 56.6 Å². The summed E-state index contributed by atoms with van der Waals surface area (Å²) in [5.41, 5.74) is 2.44. The third kappa shape index (κ3) is 7.39. The summed E-state index contributed by atoms with van der Waals surface area (Å²) in [6.07, 6.45) is -1.78. The lowest BCUT2D eigenvalue weighted by Gasteiger charge is -2.23. The fourth-order valence-corrected chi connectivity index (χ4v) is 4.73. The van der Waals surface area contributed by atoms with E-state index in [1.165, 1.54) is 7.11 Å². The Balaban J connectivity index is 1.70. The zero-order valence-corrected chi connectivity index (χ0v) is 25.9. The fraction of sp³-hybridized carbons (Fsp3) is 0.294. The number of ether oxygens (including phenoxy) is 9. The third-order valence-electron chi connectivity index (χ3n) is 7.05. The quantitative estimate of drug-likeness (QED) is 0.163. The summed E-state index contributed by atoms with van der Waals surface area (Å²) in [5.74, 6) is 4.36. The number of hydrogen-bond donors (Lipinski definition) is 1. The van der Waals surface area contributed by atoms with Gasteiger partial charge in [-0.15, -0.1) is 0 Å². The second kappa shape index (κ2) is 15.1. The predicted molar refractivity (Wildman–Crippen MR) is 164 cm³/mol. The molecule has 0 spiro atoms. The van der Waals surface area contributed by atoms with E-state index in [4.69, 9.17) is 42.6 Å². The molecule has 0 aliphatic heterocycles. The van der Waals surface area contributed by atoms with E-state index in [1.54, 1.807) is 91.2 Å². The number of methoxy groups -OCH3 is 7. The number of benzene rings is 4. The number of rotatable bonds is 15. The van der Waals surface area contributed by atoms with Crippen molar-refractivity contribution in [3.8, 4) is 46.0 Å². The molecule has 1 atom stereocenters. The Morgan fingerprint density at radius 2 is 0.886 bits per heavy atom. The molecule has 0 radical (unpaired) electrons. The Morgan fingerprint density at radius 3 is 1.30 bits per heavy atom. The van der Waals surface area contributed by atoms with Crippen molar-refractivity contribution in [3.05, 3.63) is 95.1 Å². The molecule has 4 rings (SSSR count). The van der Waals surface area contributed by atoms with Gasteiger partial charge in [0.25, 0.3) is 0 Å². The van der Waals surface area contributed by atoms with Gasteiger partial charge in [-0.1, -0.05) is 0 Å². The fourth-order valence-electron chi connectivity index (χ4n) is 4.73. The molecule has 0 aliphatic carbocycles. The maximum Gasteiger partial charge on any atom is 0.190 e. The van der Waals surface area contributed by atoms with Crippen molar-refractivity contribution >= 4 is 0 Å². The second-order valence-corrected chi connectivity index (χ2v) is 9.52. The van der Waals surface area contributed by atoms with E-state index >= 15 is 0 Å². The van der Waals surface area contributed by atoms with Gasteiger partial charge in [0.2, 0.25) is 0 Å². The van der Waals surface area contributed by atoms with Gasteiger partial charge < -0.3 is 47.7 Å². The molecule has 1 unspecified atom stereocenters. The summed E-state index contributed by atoms with van der Waals surface area (Å²) in [6.45, 7) is -0.189. The first-order valence-corrected chi connectivity index (χ1v) is 13.7. The van der Waals surface area contributed by atoms with Crippen LogP contribution in [0.15, 0.2) is 72.8 Å². The highest BCUT2D eigenvalue weighted by atomic mass is 16.7. The van der Waals surface area contributed by atoms with E-state index < -0.39 is 12.2 Å². The van der Waals surface area contributed by atoms with Crippen molar-refractivity contribution in [2.45, 2.75) is 12.2 Å². The van der Waals surface area contributed by atoms with Crippen molar-refractivity contribution in [1.82, 2.24) is 0 Å². The van der Waals surface area contributed by atoms with Gasteiger partial charge >= 0.3 is 0 Å². The van der Waals surface area contributed by atoms with Gasteiger partial charge in [-0.25, -0.2) is 0 Å². The van der Waals surface area contributed by atoms with Crippen LogP contribution in [0.5, 0.6) is 46.0 Å². The maximum atomic E-state index is 11.6. The largest absolute Gasteiger partial charge is 0.497 e. The van der Waals surface area contributed by atoms with Crippen LogP contribution in [-0.2, 0) is 4.74 Å². The molecule has 0 saturated carbocycles. The predicted octanol–water partition coefficient (Wildman–Crippen LogP) is 5.97. The van der Waals surface area contributed by atoms with Gasteiger partial charge in [-0.05, 0) is 71.8 Å². The first-order chi connectivity index (χ1) is 21.4. The molecule has 10 heteroatoms. The molecule has 1 N–H and O–H groups in total. The van der Waals surface area contributed by atoms with Gasteiger partial charge in [0.15, 0.2) is 6.79 Å². The summed E-state index contributed by atoms with van der Waals surface area (Å²) >= 11 is 0. The zero-order chi connectivity index (χ0) is 31.6. The van der Waals surface area contributed by atoms with Crippen molar-refractivity contribution in [3.63, 3.8) is 0 Å². The molecular formula is C34H38O10. The molecule has 44 heavy (non-hydrogen) atoms. The molecule has 0 amide bonds. The molecular weight excluding hydrogens is 568 g/mol. The minimum Gasteiger partial charge on any atom is -0.497 e. The molecule has 0 aliphatic rings. The molecule has 4 aromatic rings. The molecule has 0 aromatic heterocycles. The van der Waals surface area contributed by atoms with Gasteiger partial charge in [0.1, 0.15) is 58.2 Å². The Kier molecular flexibility index (Phi) is 11.0. The minimum absolute atomic E-state index is 0.189. The highest BCUT2D eigenvalue weighted by Gasteiger charge is 2.23. The smallest absolute Gasteiger partial charge is 0.190 e. The first-order valence-electron chi connectivity index (χ1n) is 13.7. The lowest BCUT2D eigenvalue weighted by molar-refractivity contribution is -0.0215. The Labute approximate surface area is 257 Å². The van der Waals surface area contributed by atoms with Crippen LogP contribution in [0, 0.1) is 0 Å². The SMILES string of the molecule is COc1cc(OC)cc(C(OCOc2ccc(OC)cc2C(O)c2cc(OC)ccc2OC)c2cc(OC)cc(OC)c2)c1. The van der Waals surface area contributed by atoms with E-state index in [-0.39, 0.29) is 6.79 Å². The Morgan fingerprint density at radius 1 is 0.477 bits per heavy atom. The normalized spacial score (nSPS) is 11.5. The van der Waals surface area contributed by atoms with Crippen LogP contribution in [-0.4, -0.2) is 61.7 Å². The molecule has 0 heterocycles. The summed E-state index contributed by atoms with van der Waals surface area (Å²) in [6, 6.07) is 21.4. The Bertz CT molecular complexity index is 1440. The third-order valence-corrected chi connectivity index (χ3v) is 7.05. The van der Waals surface area contributed by atoms with Crippen LogP contribution in [0.1, 0.15) is 34.5 Å². The van der Waals surface area contributed by atoms with Crippen LogP contribution in [0.25, 0.3) is 0 Å². The lowest BCUT2D eigenvalue weighted by Crippen LogP contribution is -2.13. The average molecular weight is 607 g/mol. The van der Waals surface area contributed by atoms with Crippen molar-refractivity contribution in [1.29, 1.82) is 0 Å². The van der Waals surface area contributed by atoms with Crippen LogP contribution < -0.4 is 37.9 Å². The van der Waals surface area contributed by atoms with E-state index in [9.17, 15) is 5.11 Å². The van der Waals surface area contributed by atoms with Gasteiger partial charge in [-0.3, -0.25) is 0 Å². The van der Waals surface area contributed by atoms with E-state index in [1.807, 2.05) is 24.3 Å². The van der Waals surface area contributed by atoms with Gasteiger partial charge in [-0.2, -0.15) is 0 Å². The minimum atomic E-state index is -1.13. The number of aliphatic hydroxyl groups is 1. The molecule has 0 fully saturated rings. The molecule has 4 aromatic carbocycles. The average Bonchev–Trinajstić information content (AvgIpc) is 3.08. The second-order valence-electron chi connectivity index (χ2n) is 9.52. The lowest BCUT2D eigenvalue weighted by atomic mass is 9.99. The van der Waals surface area contributed by atoms with Crippen LogP contribution in [0.3, 0.4) is 0 Å². The van der Waals surface area contributed by atoms with Gasteiger partial charge in [0, 0.05) is 23.3 Å². The number of aliphatic hydroxyl groups excluding tert-OH is 1. The molecule has 234 valence electrons. The number of hydrogen-bond acceptors (Lipinski definition) is 10. The molecule has 10 nitrogen and oxygen atoms in total. The molecule has 0 saturated heterocycles. The summed E-state index contributed by atoms with van der Waals surface area (Å²) in [5, 5.41) is 11.6. The van der Waals surface area contributed by atoms with Crippen LogP contribution in [0.2, 0.25) is 0 Å². The summed E-state index contributed by atoms with van der Waals surface area (Å²) in [4.78, 5) is 0. The van der Waals surface area contributed by atoms with Crippen molar-refractivity contribution < 1.29 is 47.7 Å². The van der Waals surface area contributed by atoms with Crippen LogP contribution >= 0.6 is 0 Å². The monoisotopic (exact) mass is 606 g/mol. The topological polar surface area (TPSA) is 103 Å². The highest BCUT2D eigenvalue weighted by molar-refractivity contribution is 5.51. The first kappa shape index (κ1) is 32.1. The Hall–Kier alpha value is -4.80. The highest BCUT2D eigenvalue weighted by Crippen LogP contribution is 2.40. The summed E-state index contributed by atoms with van der Waals surface area (Å²) < 4.78 is 51.0. The van der Waals surface area contributed by atoms with E-state index in [2.05, 4.69) is 0 Å². The zero-order valence-electron chi connectivity index (χ0n) is 25.9. The summed E-state index contributed by atoms with van der Waals surface area (Å²) in [7, 11) is 11.0. The molecule has 0 bridgehead atoms. The van der Waals surface area contributed by atoms with Gasteiger partial charge in [0.05, 0.1) is 49.8 Å². The van der Waals surface area contributed by atoms with E-state index in [0.717, 1.165) is 11.1 Å². The van der Waals surface area contributed by atoms with Crippen LogP contribution in [0.4, 0.5) is 0 Å². The maximum absolute atomic E-state index is 11.6.